The molecule has 1 aliphatic rings. The summed E-state index contributed by atoms with van der Waals surface area (Å²) < 4.78 is 1.10. The monoisotopic (exact) mass is 591 g/mol. The van der Waals surface area contributed by atoms with Crippen molar-refractivity contribution in [3.05, 3.63) is 64.7 Å². The standard InChI is InChI=1S/C32H47ClNS.BrH/c1-4-5-6-7-8-9-10-11-12-13-14-17-24-34(2,3)25-18-20-28-29-19-15-16-21-31(29)35-32-23-22-27(33)26-30(28)32;/h15-16,19-23,26H,4-14,17-18,24-25H2,1-3H3;1H/q+1;/p-1. The molecule has 1 aliphatic heterocycles. The fourth-order valence-electron chi connectivity index (χ4n) is 5.11. The molecule has 0 amide bonds. The van der Waals surface area contributed by atoms with Gasteiger partial charge < -0.3 is 21.5 Å². The third kappa shape index (κ3) is 10.6. The highest BCUT2D eigenvalue weighted by molar-refractivity contribution is 7.99. The molecule has 1 nitrogen and oxygen atoms in total. The Balaban J connectivity index is 0.00000456. The van der Waals surface area contributed by atoms with Gasteiger partial charge in [0.05, 0.1) is 27.2 Å². The molecule has 0 saturated carbocycles. The highest BCUT2D eigenvalue weighted by atomic mass is 79.9. The second kappa shape index (κ2) is 17.0. The number of hydrogen-bond donors (Lipinski definition) is 0. The van der Waals surface area contributed by atoms with Crippen molar-refractivity contribution in [1.29, 1.82) is 0 Å². The lowest BCUT2D eigenvalue weighted by molar-refractivity contribution is -0.890. The zero-order valence-corrected chi connectivity index (χ0v) is 26.0. The molecule has 1 heterocycles. The molecule has 0 radical (unpaired) electrons. The molecule has 0 atom stereocenters. The number of halogens is 2. The second-order valence-electron chi connectivity index (χ2n) is 10.9. The zero-order valence-electron chi connectivity index (χ0n) is 22.8. The Kier molecular flexibility index (Phi) is 14.8. The third-order valence-electron chi connectivity index (χ3n) is 7.33. The summed E-state index contributed by atoms with van der Waals surface area (Å²) in [6, 6.07) is 15.1. The number of hydrogen-bond acceptors (Lipinski definition) is 1. The topological polar surface area (TPSA) is 0 Å². The van der Waals surface area contributed by atoms with Crippen molar-refractivity contribution in [2.75, 3.05) is 27.2 Å². The van der Waals surface area contributed by atoms with Crippen LogP contribution in [0, 0.1) is 0 Å². The summed E-state index contributed by atoms with van der Waals surface area (Å²) in [6.45, 7) is 4.74. The average Bonchev–Trinajstić information content (AvgIpc) is 2.84. The van der Waals surface area contributed by atoms with Crippen LogP contribution >= 0.6 is 23.4 Å². The quantitative estimate of drug-likeness (QED) is 0.123. The third-order valence-corrected chi connectivity index (χ3v) is 8.72. The molecule has 3 rings (SSSR count). The van der Waals surface area contributed by atoms with E-state index in [1.54, 1.807) is 0 Å². The minimum absolute atomic E-state index is 0. The van der Waals surface area contributed by atoms with Crippen molar-refractivity contribution in [1.82, 2.24) is 0 Å². The van der Waals surface area contributed by atoms with E-state index in [1.807, 2.05) is 17.8 Å². The van der Waals surface area contributed by atoms with Crippen LogP contribution in [-0.4, -0.2) is 31.7 Å². The fourth-order valence-corrected chi connectivity index (χ4v) is 6.37. The summed E-state index contributed by atoms with van der Waals surface area (Å²) in [7, 11) is 4.79. The molecular formula is C32H47BrClNS. The van der Waals surface area contributed by atoms with E-state index < -0.39 is 0 Å². The van der Waals surface area contributed by atoms with Gasteiger partial charge in [-0.3, -0.25) is 0 Å². The Labute approximate surface area is 241 Å². The highest BCUT2D eigenvalue weighted by Crippen LogP contribution is 2.46. The molecule has 0 bridgehead atoms. The smallest absolute Gasteiger partial charge is 0.0817 e. The number of rotatable bonds is 16. The first kappa shape index (κ1) is 31.5. The number of quaternary nitrogens is 1. The lowest BCUT2D eigenvalue weighted by Gasteiger charge is -2.30. The molecule has 2 aromatic rings. The van der Waals surface area contributed by atoms with E-state index in [1.165, 1.54) is 117 Å². The maximum absolute atomic E-state index is 6.38. The van der Waals surface area contributed by atoms with Crippen LogP contribution in [0.3, 0.4) is 0 Å². The van der Waals surface area contributed by atoms with Gasteiger partial charge in [0.15, 0.2) is 0 Å². The summed E-state index contributed by atoms with van der Waals surface area (Å²) >= 11 is 8.23. The number of fused-ring (bicyclic) bond motifs is 2. The Bertz CT molecular complexity index is 940. The maximum Gasteiger partial charge on any atom is 0.0817 e. The van der Waals surface area contributed by atoms with Crippen molar-refractivity contribution in [2.45, 2.75) is 100 Å². The molecule has 0 saturated heterocycles. The normalized spacial score (nSPS) is 13.8. The lowest BCUT2D eigenvalue weighted by Crippen LogP contribution is -3.00. The summed E-state index contributed by atoms with van der Waals surface area (Å²) in [6.07, 6.45) is 20.5. The Morgan fingerprint density at radius 2 is 1.31 bits per heavy atom. The first-order valence-electron chi connectivity index (χ1n) is 14.1. The van der Waals surface area contributed by atoms with E-state index in [2.05, 4.69) is 63.5 Å². The van der Waals surface area contributed by atoms with Crippen molar-refractivity contribution in [3.63, 3.8) is 0 Å². The molecule has 0 fully saturated rings. The van der Waals surface area contributed by atoms with Crippen LogP contribution in [0.15, 0.2) is 58.3 Å². The van der Waals surface area contributed by atoms with Crippen LogP contribution in [0.1, 0.15) is 102 Å². The number of nitrogens with zero attached hydrogens (tertiary/aromatic N) is 1. The fraction of sp³-hybridized carbons (Fsp3) is 0.562. The molecular weight excluding hydrogens is 546 g/mol. The van der Waals surface area contributed by atoms with Gasteiger partial charge in [0.25, 0.3) is 0 Å². The van der Waals surface area contributed by atoms with Crippen LogP contribution in [0.2, 0.25) is 5.02 Å². The van der Waals surface area contributed by atoms with E-state index in [9.17, 15) is 0 Å². The average molecular weight is 593 g/mol. The van der Waals surface area contributed by atoms with Gasteiger partial charge in [-0.1, -0.05) is 119 Å². The Morgan fingerprint density at radius 3 is 1.97 bits per heavy atom. The van der Waals surface area contributed by atoms with Crippen molar-refractivity contribution >= 4 is 28.9 Å². The van der Waals surface area contributed by atoms with Gasteiger partial charge in [-0.25, -0.2) is 0 Å². The van der Waals surface area contributed by atoms with Gasteiger partial charge >= 0.3 is 0 Å². The van der Waals surface area contributed by atoms with Crippen molar-refractivity contribution < 1.29 is 21.5 Å². The second-order valence-corrected chi connectivity index (χ2v) is 12.4. The minimum Gasteiger partial charge on any atom is -1.00 e. The number of unbranched alkanes of at least 4 members (excludes halogenated alkanes) is 11. The molecule has 0 aromatic heterocycles. The maximum atomic E-state index is 6.38. The van der Waals surface area contributed by atoms with Crippen LogP contribution in [-0.2, 0) is 0 Å². The van der Waals surface area contributed by atoms with Gasteiger partial charge in [-0.2, -0.15) is 0 Å². The number of benzene rings is 2. The molecule has 2 aromatic carbocycles. The van der Waals surface area contributed by atoms with Crippen LogP contribution in [0.25, 0.3) is 5.57 Å². The minimum atomic E-state index is 0. The van der Waals surface area contributed by atoms with Crippen molar-refractivity contribution in [3.8, 4) is 0 Å². The molecule has 200 valence electrons. The largest absolute Gasteiger partial charge is 1.00 e. The Morgan fingerprint density at radius 1 is 0.722 bits per heavy atom. The molecule has 0 unspecified atom stereocenters. The van der Waals surface area contributed by atoms with Gasteiger partial charge in [0.2, 0.25) is 0 Å². The summed E-state index contributed by atoms with van der Waals surface area (Å²) in [4.78, 5) is 2.66. The van der Waals surface area contributed by atoms with Crippen LogP contribution in [0.4, 0.5) is 0 Å². The van der Waals surface area contributed by atoms with E-state index in [0.717, 1.165) is 15.9 Å². The predicted molar refractivity (Wildman–Crippen MR) is 157 cm³/mol. The van der Waals surface area contributed by atoms with Gasteiger partial charge in [-0.05, 0) is 53.8 Å². The van der Waals surface area contributed by atoms with E-state index in [0.29, 0.717) is 0 Å². The first-order chi connectivity index (χ1) is 17.0. The highest BCUT2D eigenvalue weighted by Gasteiger charge is 2.21. The molecule has 36 heavy (non-hydrogen) atoms. The van der Waals surface area contributed by atoms with E-state index >= 15 is 0 Å². The SMILES string of the molecule is CCCCCCCCCCCCCC[N+](C)(C)CCC=C1c2ccccc2Sc2ccc(Cl)cc21.[Br-]. The van der Waals surface area contributed by atoms with Gasteiger partial charge in [0, 0.05) is 21.2 Å². The Hall–Kier alpha value is -0.740. The predicted octanol–water partition coefficient (Wildman–Crippen LogP) is 7.41. The van der Waals surface area contributed by atoms with Crippen molar-refractivity contribution in [2.24, 2.45) is 0 Å². The van der Waals surface area contributed by atoms with Crippen LogP contribution < -0.4 is 17.0 Å². The van der Waals surface area contributed by atoms with E-state index in [4.69, 9.17) is 11.6 Å². The van der Waals surface area contributed by atoms with Gasteiger partial charge in [0.1, 0.15) is 0 Å². The zero-order chi connectivity index (χ0) is 24.9. The van der Waals surface area contributed by atoms with Gasteiger partial charge in [-0.15, -0.1) is 0 Å². The molecule has 0 spiro atoms. The molecule has 0 N–H and O–H groups in total. The molecule has 4 heteroatoms. The summed E-state index contributed by atoms with van der Waals surface area (Å²) in [5.41, 5.74) is 3.98. The summed E-state index contributed by atoms with van der Waals surface area (Å²) in [5.74, 6) is 0. The molecule has 0 aliphatic carbocycles. The first-order valence-corrected chi connectivity index (χ1v) is 15.3. The van der Waals surface area contributed by atoms with Crippen LogP contribution in [0.5, 0.6) is 0 Å². The summed E-state index contributed by atoms with van der Waals surface area (Å²) in [5, 5.41) is 0.817. The lowest BCUT2D eigenvalue weighted by atomic mass is 9.96. The van der Waals surface area contributed by atoms with E-state index in [-0.39, 0.29) is 17.0 Å².